The van der Waals surface area contributed by atoms with Crippen molar-refractivity contribution in [2.75, 3.05) is 12.3 Å². The van der Waals surface area contributed by atoms with Crippen LogP contribution in [0.1, 0.15) is 17.4 Å². The van der Waals surface area contributed by atoms with Gasteiger partial charge in [-0.15, -0.1) is 11.8 Å². The molecule has 0 radical (unpaired) electrons. The van der Waals surface area contributed by atoms with Gasteiger partial charge in [-0.3, -0.25) is 4.57 Å². The van der Waals surface area contributed by atoms with Crippen LogP contribution in [0.15, 0.2) is 47.4 Å². The number of hydrogen-bond acceptors (Lipinski definition) is 8. The van der Waals surface area contributed by atoms with Gasteiger partial charge in [-0.05, 0) is 11.6 Å². The van der Waals surface area contributed by atoms with Crippen molar-refractivity contribution < 1.29 is 19.4 Å². The summed E-state index contributed by atoms with van der Waals surface area (Å²) in [5.41, 5.74) is 5.86. The van der Waals surface area contributed by atoms with Crippen molar-refractivity contribution in [2.45, 2.75) is 29.8 Å². The van der Waals surface area contributed by atoms with Gasteiger partial charge < -0.3 is 20.3 Å². The van der Waals surface area contributed by atoms with E-state index in [2.05, 4.69) is 4.98 Å². The van der Waals surface area contributed by atoms with E-state index in [0.29, 0.717) is 6.42 Å². The van der Waals surface area contributed by atoms with Crippen LogP contribution in [-0.2, 0) is 16.1 Å². The van der Waals surface area contributed by atoms with E-state index in [1.165, 1.54) is 22.4 Å². The molecular weight excluding hydrogens is 358 g/mol. The van der Waals surface area contributed by atoms with Gasteiger partial charge in [-0.25, -0.2) is 9.59 Å². The molecule has 1 aromatic heterocycles. The Morgan fingerprint density at radius 2 is 2.08 bits per heavy atom. The first kappa shape index (κ1) is 18.3. The predicted molar refractivity (Wildman–Crippen MR) is 96.5 cm³/mol. The quantitative estimate of drug-likeness (QED) is 0.754. The fourth-order valence-corrected chi connectivity index (χ4v) is 4.03. The van der Waals surface area contributed by atoms with Crippen molar-refractivity contribution in [3.05, 3.63) is 58.6 Å². The van der Waals surface area contributed by atoms with Crippen LogP contribution in [0, 0.1) is 0 Å². The molecule has 1 fully saturated rings. The molecule has 26 heavy (non-hydrogen) atoms. The molecule has 9 heteroatoms. The van der Waals surface area contributed by atoms with Gasteiger partial charge in [0.2, 0.25) is 0 Å². The number of nitrogens with two attached hydrogens (primary N) is 1. The number of nitrogen functional groups attached to an aromatic ring is 1. The van der Waals surface area contributed by atoms with E-state index in [4.69, 9.17) is 15.2 Å². The summed E-state index contributed by atoms with van der Waals surface area (Å²) in [5.74, 6) is 0.149. The largest absolute Gasteiger partial charge is 0.508 e. The van der Waals surface area contributed by atoms with Gasteiger partial charge in [0.25, 0.3) is 0 Å². The molecule has 8 nitrogen and oxygen atoms in total. The monoisotopic (exact) mass is 377 g/mol. The Kier molecular flexibility index (Phi) is 5.79. The second-order valence-corrected chi connectivity index (χ2v) is 7.23. The Morgan fingerprint density at radius 1 is 1.31 bits per heavy atom. The third-order valence-corrected chi connectivity index (χ3v) is 5.46. The van der Waals surface area contributed by atoms with Gasteiger partial charge >= 0.3 is 11.8 Å². The van der Waals surface area contributed by atoms with Crippen molar-refractivity contribution >= 4 is 23.7 Å². The van der Waals surface area contributed by atoms with Crippen LogP contribution in [0.5, 0.6) is 0 Å². The highest BCUT2D eigenvalue weighted by molar-refractivity contribution is 8.00. The Bertz CT molecular complexity index is 814. The zero-order valence-corrected chi connectivity index (χ0v) is 14.7. The molecule has 3 atom stereocenters. The van der Waals surface area contributed by atoms with E-state index < -0.39 is 17.9 Å². The standard InChI is InChI=1S/C17H19N3O5S/c18-14-6-7-20(16(22)19-14)15-8-12(21)13(26-15)10-25-17(23)24-9-11-4-2-1-3-5-11/h1-7,12-13,15,21H,8-10H2,(H2,18,19,22)/t12?,13-,15-/m1/s1. The van der Waals surface area contributed by atoms with Crippen LogP contribution in [0.2, 0.25) is 0 Å². The van der Waals surface area contributed by atoms with Gasteiger partial charge in [0.15, 0.2) is 0 Å². The maximum Gasteiger partial charge on any atom is 0.508 e. The van der Waals surface area contributed by atoms with Gasteiger partial charge in [-0.1, -0.05) is 30.3 Å². The van der Waals surface area contributed by atoms with Gasteiger partial charge in [-0.2, -0.15) is 4.98 Å². The minimum absolute atomic E-state index is 0.00684. The van der Waals surface area contributed by atoms with Crippen LogP contribution in [0.4, 0.5) is 10.6 Å². The first-order valence-corrected chi connectivity index (χ1v) is 8.99. The van der Waals surface area contributed by atoms with Crippen LogP contribution in [0.3, 0.4) is 0 Å². The molecule has 2 heterocycles. The lowest BCUT2D eigenvalue weighted by atomic mass is 10.2. The fourth-order valence-electron chi connectivity index (χ4n) is 2.59. The van der Waals surface area contributed by atoms with E-state index in [-0.39, 0.29) is 29.7 Å². The van der Waals surface area contributed by atoms with Crippen molar-refractivity contribution in [1.29, 1.82) is 0 Å². The Morgan fingerprint density at radius 3 is 2.81 bits per heavy atom. The summed E-state index contributed by atoms with van der Waals surface area (Å²) < 4.78 is 11.5. The summed E-state index contributed by atoms with van der Waals surface area (Å²) >= 11 is 1.35. The molecule has 1 unspecified atom stereocenters. The van der Waals surface area contributed by atoms with Crippen LogP contribution in [-0.4, -0.2) is 38.8 Å². The number of carbonyl (C=O) groups is 1. The highest BCUT2D eigenvalue weighted by Crippen LogP contribution is 2.41. The molecule has 0 amide bonds. The molecule has 0 aliphatic carbocycles. The molecule has 138 valence electrons. The maximum absolute atomic E-state index is 11.9. The Hall–Kier alpha value is -2.52. The topological polar surface area (TPSA) is 117 Å². The molecule has 0 spiro atoms. The number of carbonyl (C=O) groups excluding carboxylic acids is 1. The third kappa shape index (κ3) is 4.55. The molecule has 2 aromatic rings. The molecule has 3 N–H and O–H groups in total. The van der Waals surface area contributed by atoms with Crippen molar-refractivity contribution in [3.8, 4) is 0 Å². The van der Waals surface area contributed by atoms with Gasteiger partial charge in [0.05, 0.1) is 16.7 Å². The third-order valence-electron chi connectivity index (χ3n) is 3.93. The lowest BCUT2D eigenvalue weighted by Gasteiger charge is -2.14. The molecule has 0 saturated carbocycles. The number of nitrogens with zero attached hydrogens (tertiary/aromatic N) is 2. The van der Waals surface area contributed by atoms with Crippen molar-refractivity contribution in [1.82, 2.24) is 9.55 Å². The van der Waals surface area contributed by atoms with E-state index in [9.17, 15) is 14.7 Å². The molecule has 1 aliphatic rings. The normalized spacial score (nSPS) is 22.1. The minimum atomic E-state index is -0.795. The molecule has 1 saturated heterocycles. The smallest absolute Gasteiger partial charge is 0.433 e. The summed E-state index contributed by atoms with van der Waals surface area (Å²) in [7, 11) is 0. The Balaban J connectivity index is 1.49. The number of rotatable bonds is 5. The summed E-state index contributed by atoms with van der Waals surface area (Å²) in [6, 6.07) is 10.8. The average molecular weight is 377 g/mol. The SMILES string of the molecule is Nc1ccn([C@H]2CC(O)[C@@H](COC(=O)OCc3ccccc3)S2)c(=O)n1. The zero-order valence-electron chi connectivity index (χ0n) is 13.9. The highest BCUT2D eigenvalue weighted by atomic mass is 32.2. The minimum Gasteiger partial charge on any atom is -0.433 e. The number of hydrogen-bond donors (Lipinski definition) is 2. The van der Waals surface area contributed by atoms with Crippen molar-refractivity contribution in [2.24, 2.45) is 0 Å². The summed E-state index contributed by atoms with van der Waals surface area (Å²) in [6.07, 6.45) is 0.392. The number of anilines is 1. The number of aromatic nitrogens is 2. The van der Waals surface area contributed by atoms with Gasteiger partial charge in [0, 0.05) is 12.6 Å². The van der Waals surface area contributed by atoms with Crippen molar-refractivity contribution in [3.63, 3.8) is 0 Å². The number of ether oxygens (including phenoxy) is 2. The summed E-state index contributed by atoms with van der Waals surface area (Å²) in [5, 5.41) is 9.53. The predicted octanol–water partition coefficient (Wildman–Crippen LogP) is 1.54. The van der Waals surface area contributed by atoms with Crippen LogP contribution >= 0.6 is 11.8 Å². The zero-order chi connectivity index (χ0) is 18.5. The lowest BCUT2D eigenvalue weighted by molar-refractivity contribution is 0.0412. The van der Waals surface area contributed by atoms with E-state index in [0.717, 1.165) is 5.56 Å². The first-order valence-electron chi connectivity index (χ1n) is 8.04. The second-order valence-electron chi connectivity index (χ2n) is 5.81. The highest BCUT2D eigenvalue weighted by Gasteiger charge is 2.36. The number of aliphatic hydroxyl groups excluding tert-OH is 1. The van der Waals surface area contributed by atoms with E-state index in [1.54, 1.807) is 6.20 Å². The number of benzene rings is 1. The second kappa shape index (κ2) is 8.24. The maximum atomic E-state index is 11.9. The van der Waals surface area contributed by atoms with E-state index in [1.807, 2.05) is 30.3 Å². The average Bonchev–Trinajstić information content (AvgIpc) is 2.99. The molecule has 0 bridgehead atoms. The molecular formula is C17H19N3O5S. The molecule has 1 aromatic carbocycles. The van der Waals surface area contributed by atoms with E-state index >= 15 is 0 Å². The number of aliphatic hydroxyl groups is 1. The molecule has 3 rings (SSSR count). The lowest BCUT2D eigenvalue weighted by Crippen LogP contribution is -2.25. The Labute approximate surface area is 153 Å². The van der Waals surface area contributed by atoms with Gasteiger partial charge in [0.1, 0.15) is 19.0 Å². The summed E-state index contributed by atoms with van der Waals surface area (Å²) in [6.45, 7) is 0.113. The fraction of sp³-hybridized carbons (Fsp3) is 0.353. The molecule has 1 aliphatic heterocycles. The van der Waals surface area contributed by atoms with Crippen LogP contribution in [0.25, 0.3) is 0 Å². The number of thioether (sulfide) groups is 1. The van der Waals surface area contributed by atoms with Crippen LogP contribution < -0.4 is 11.4 Å². The first-order chi connectivity index (χ1) is 12.5. The summed E-state index contributed by atoms with van der Waals surface area (Å²) in [4.78, 5) is 27.3.